The lowest BCUT2D eigenvalue weighted by atomic mass is 10.1. The Morgan fingerprint density at radius 2 is 1.75 bits per heavy atom. The van der Waals surface area contributed by atoms with E-state index in [1.165, 1.54) is 29.5 Å². The van der Waals surface area contributed by atoms with Gasteiger partial charge in [-0.15, -0.1) is 0 Å². The monoisotopic (exact) mass is 332 g/mol. The van der Waals surface area contributed by atoms with Crippen LogP contribution in [0.1, 0.15) is 30.0 Å². The number of nitrogens with zero attached hydrogens (tertiary/aromatic N) is 1. The van der Waals surface area contributed by atoms with E-state index < -0.39 is 0 Å². The molecule has 0 aliphatic carbocycles. The number of nitrogens with one attached hydrogen (secondary N) is 1. The summed E-state index contributed by atoms with van der Waals surface area (Å²) in [6.07, 6.45) is 5.23. The SMILES string of the molecule is CCCc1ccc(CCNc2cc(C)c(Br)cn2)cc1. The Balaban J connectivity index is 1.84. The van der Waals surface area contributed by atoms with Crippen LogP contribution >= 0.6 is 15.9 Å². The van der Waals surface area contributed by atoms with Crippen molar-refractivity contribution >= 4 is 21.7 Å². The number of hydrogen-bond donors (Lipinski definition) is 1. The fourth-order valence-corrected chi connectivity index (χ4v) is 2.35. The van der Waals surface area contributed by atoms with Gasteiger partial charge in [0.1, 0.15) is 5.82 Å². The first-order chi connectivity index (χ1) is 9.69. The van der Waals surface area contributed by atoms with Crippen LogP contribution < -0.4 is 5.32 Å². The molecule has 2 aromatic rings. The molecule has 2 nitrogen and oxygen atoms in total. The molecule has 0 saturated carbocycles. The van der Waals surface area contributed by atoms with Crippen molar-refractivity contribution in [3.63, 3.8) is 0 Å². The minimum Gasteiger partial charge on any atom is -0.370 e. The van der Waals surface area contributed by atoms with Gasteiger partial charge in [-0.05, 0) is 58.5 Å². The van der Waals surface area contributed by atoms with Crippen LogP contribution in [0.4, 0.5) is 5.82 Å². The molecule has 20 heavy (non-hydrogen) atoms. The lowest BCUT2D eigenvalue weighted by molar-refractivity contribution is 0.918. The van der Waals surface area contributed by atoms with Gasteiger partial charge in [-0.3, -0.25) is 0 Å². The highest BCUT2D eigenvalue weighted by atomic mass is 79.9. The summed E-state index contributed by atoms with van der Waals surface area (Å²) in [6, 6.07) is 11.0. The van der Waals surface area contributed by atoms with Gasteiger partial charge in [-0.1, -0.05) is 37.6 Å². The van der Waals surface area contributed by atoms with Gasteiger partial charge >= 0.3 is 0 Å². The molecule has 1 heterocycles. The zero-order valence-electron chi connectivity index (χ0n) is 12.1. The van der Waals surface area contributed by atoms with E-state index >= 15 is 0 Å². The van der Waals surface area contributed by atoms with E-state index in [1.807, 2.05) is 6.20 Å². The van der Waals surface area contributed by atoms with Crippen LogP contribution in [0.5, 0.6) is 0 Å². The summed E-state index contributed by atoms with van der Waals surface area (Å²) in [5.74, 6) is 0.938. The van der Waals surface area contributed by atoms with Gasteiger partial charge in [0.15, 0.2) is 0 Å². The van der Waals surface area contributed by atoms with E-state index in [2.05, 4.69) is 70.4 Å². The molecule has 0 aliphatic rings. The summed E-state index contributed by atoms with van der Waals surface area (Å²) in [5, 5.41) is 3.37. The molecular formula is C17H21BrN2. The number of halogens is 1. The predicted molar refractivity (Wildman–Crippen MR) is 89.3 cm³/mol. The molecule has 0 spiro atoms. The summed E-state index contributed by atoms with van der Waals surface area (Å²) in [4.78, 5) is 4.35. The normalized spacial score (nSPS) is 10.6. The van der Waals surface area contributed by atoms with Crippen LogP contribution in [-0.4, -0.2) is 11.5 Å². The molecule has 1 N–H and O–H groups in total. The van der Waals surface area contributed by atoms with Gasteiger partial charge in [0.2, 0.25) is 0 Å². The summed E-state index contributed by atoms with van der Waals surface area (Å²) < 4.78 is 1.05. The van der Waals surface area contributed by atoms with Gasteiger partial charge in [0.05, 0.1) is 0 Å². The van der Waals surface area contributed by atoms with Crippen molar-refractivity contribution in [3.05, 3.63) is 57.7 Å². The molecule has 0 amide bonds. The Labute approximate surface area is 129 Å². The fraction of sp³-hybridized carbons (Fsp3) is 0.353. The second-order valence-corrected chi connectivity index (χ2v) is 5.92. The maximum atomic E-state index is 4.35. The number of pyridine rings is 1. The fourth-order valence-electron chi connectivity index (χ4n) is 2.13. The van der Waals surface area contributed by atoms with Gasteiger partial charge in [-0.25, -0.2) is 4.98 Å². The summed E-state index contributed by atoms with van der Waals surface area (Å²) >= 11 is 3.46. The minimum absolute atomic E-state index is 0.904. The number of anilines is 1. The third kappa shape index (κ3) is 4.34. The van der Waals surface area contributed by atoms with E-state index in [0.29, 0.717) is 0 Å². The molecule has 1 aromatic heterocycles. The topological polar surface area (TPSA) is 24.9 Å². The lowest BCUT2D eigenvalue weighted by Gasteiger charge is -2.08. The second-order valence-electron chi connectivity index (χ2n) is 5.06. The van der Waals surface area contributed by atoms with Crippen molar-refractivity contribution in [2.45, 2.75) is 33.1 Å². The van der Waals surface area contributed by atoms with Crippen molar-refractivity contribution < 1.29 is 0 Å². The molecule has 1 aromatic carbocycles. The standard InChI is InChI=1S/C17H21BrN2/c1-3-4-14-5-7-15(8-6-14)9-10-19-17-11-13(2)16(18)12-20-17/h5-8,11-12H,3-4,9-10H2,1-2H3,(H,19,20). The molecule has 3 heteroatoms. The molecular weight excluding hydrogens is 312 g/mol. The number of aromatic nitrogens is 1. The Bertz CT molecular complexity index is 549. The van der Waals surface area contributed by atoms with Gasteiger partial charge < -0.3 is 5.32 Å². The first kappa shape index (κ1) is 15.0. The van der Waals surface area contributed by atoms with Crippen LogP contribution in [0, 0.1) is 6.92 Å². The Morgan fingerprint density at radius 1 is 1.10 bits per heavy atom. The van der Waals surface area contributed by atoms with Crippen LogP contribution in [0.2, 0.25) is 0 Å². The first-order valence-electron chi connectivity index (χ1n) is 7.13. The summed E-state index contributed by atoms with van der Waals surface area (Å²) in [7, 11) is 0. The van der Waals surface area contributed by atoms with Gasteiger partial charge in [-0.2, -0.15) is 0 Å². The lowest BCUT2D eigenvalue weighted by Crippen LogP contribution is -2.06. The van der Waals surface area contributed by atoms with Crippen LogP contribution in [0.3, 0.4) is 0 Å². The van der Waals surface area contributed by atoms with Crippen molar-refractivity contribution in [2.24, 2.45) is 0 Å². The van der Waals surface area contributed by atoms with Crippen LogP contribution in [0.25, 0.3) is 0 Å². The Kier molecular flexibility index (Phi) is 5.60. The molecule has 0 radical (unpaired) electrons. The zero-order valence-corrected chi connectivity index (χ0v) is 13.7. The summed E-state index contributed by atoms with van der Waals surface area (Å²) in [6.45, 7) is 5.19. The van der Waals surface area contributed by atoms with E-state index in [-0.39, 0.29) is 0 Å². The van der Waals surface area contributed by atoms with Crippen molar-refractivity contribution in [1.82, 2.24) is 4.98 Å². The van der Waals surface area contributed by atoms with Gasteiger partial charge in [0, 0.05) is 17.2 Å². The largest absolute Gasteiger partial charge is 0.370 e. The molecule has 0 bridgehead atoms. The molecule has 0 fully saturated rings. The molecule has 2 rings (SSSR count). The van der Waals surface area contributed by atoms with Crippen LogP contribution in [-0.2, 0) is 12.8 Å². The van der Waals surface area contributed by atoms with Crippen LogP contribution in [0.15, 0.2) is 41.0 Å². The third-order valence-corrected chi connectivity index (χ3v) is 4.16. The third-order valence-electron chi connectivity index (χ3n) is 3.33. The van der Waals surface area contributed by atoms with E-state index in [1.54, 1.807) is 0 Å². The molecule has 0 aliphatic heterocycles. The highest BCUT2D eigenvalue weighted by molar-refractivity contribution is 9.10. The molecule has 0 unspecified atom stereocenters. The molecule has 0 saturated heterocycles. The van der Waals surface area contributed by atoms with E-state index in [0.717, 1.165) is 23.3 Å². The summed E-state index contributed by atoms with van der Waals surface area (Å²) in [5.41, 5.74) is 3.99. The van der Waals surface area contributed by atoms with E-state index in [9.17, 15) is 0 Å². The highest BCUT2D eigenvalue weighted by Crippen LogP contribution is 2.17. The zero-order chi connectivity index (χ0) is 14.4. The predicted octanol–water partition coefficient (Wildman–Crippen LogP) is 4.76. The van der Waals surface area contributed by atoms with Crippen molar-refractivity contribution in [1.29, 1.82) is 0 Å². The molecule has 106 valence electrons. The average molecular weight is 333 g/mol. The van der Waals surface area contributed by atoms with Gasteiger partial charge in [0.25, 0.3) is 0 Å². The van der Waals surface area contributed by atoms with Crippen molar-refractivity contribution in [2.75, 3.05) is 11.9 Å². The maximum Gasteiger partial charge on any atom is 0.126 e. The highest BCUT2D eigenvalue weighted by Gasteiger charge is 1.99. The molecule has 0 atom stereocenters. The second kappa shape index (κ2) is 7.44. The smallest absolute Gasteiger partial charge is 0.126 e. The minimum atomic E-state index is 0.904. The number of hydrogen-bond acceptors (Lipinski definition) is 2. The van der Waals surface area contributed by atoms with E-state index in [4.69, 9.17) is 0 Å². The number of rotatable bonds is 6. The average Bonchev–Trinajstić information content (AvgIpc) is 2.45. The quantitative estimate of drug-likeness (QED) is 0.824. The first-order valence-corrected chi connectivity index (χ1v) is 7.92. The number of aryl methyl sites for hydroxylation is 2. The Morgan fingerprint density at radius 3 is 2.35 bits per heavy atom. The van der Waals surface area contributed by atoms with Crippen molar-refractivity contribution in [3.8, 4) is 0 Å². The Hall–Kier alpha value is -1.35. The number of benzene rings is 1. The maximum absolute atomic E-state index is 4.35.